The van der Waals surface area contributed by atoms with Crippen LogP contribution in [0.2, 0.25) is 0 Å². The van der Waals surface area contributed by atoms with Crippen LogP contribution < -0.4 is 10.1 Å². The van der Waals surface area contributed by atoms with E-state index < -0.39 is 0 Å². The number of aryl methyl sites for hydroxylation is 1. The lowest BCUT2D eigenvalue weighted by Crippen LogP contribution is -2.38. The van der Waals surface area contributed by atoms with Gasteiger partial charge in [0.15, 0.2) is 0 Å². The van der Waals surface area contributed by atoms with Crippen LogP contribution in [0.25, 0.3) is 0 Å². The van der Waals surface area contributed by atoms with Crippen molar-refractivity contribution in [2.24, 2.45) is 5.92 Å². The van der Waals surface area contributed by atoms with Gasteiger partial charge in [0.2, 0.25) is 0 Å². The fraction of sp³-hybridized carbons (Fsp3) is 0.571. The number of phenols is 1. The molecule has 2 aliphatic rings. The fourth-order valence-corrected chi connectivity index (χ4v) is 2.93. The molecule has 1 atom stereocenters. The van der Waals surface area contributed by atoms with Gasteiger partial charge in [-0.15, -0.1) is 0 Å². The van der Waals surface area contributed by atoms with Gasteiger partial charge in [0.25, 0.3) is 0 Å². The molecular weight excluding hydrogens is 214 g/mol. The van der Waals surface area contributed by atoms with Gasteiger partial charge >= 0.3 is 0 Å². The third-order valence-corrected chi connectivity index (χ3v) is 3.94. The highest BCUT2D eigenvalue weighted by atomic mass is 16.5. The Bertz CT molecular complexity index is 399. The van der Waals surface area contributed by atoms with Crippen LogP contribution in [-0.4, -0.2) is 24.3 Å². The van der Waals surface area contributed by atoms with E-state index in [1.54, 1.807) is 12.1 Å². The van der Waals surface area contributed by atoms with E-state index in [0.717, 1.165) is 31.7 Å². The Morgan fingerprint density at radius 3 is 2.82 bits per heavy atom. The Kier molecular flexibility index (Phi) is 2.93. The fourth-order valence-electron chi connectivity index (χ4n) is 2.93. The van der Waals surface area contributed by atoms with Crippen molar-refractivity contribution in [2.45, 2.75) is 31.8 Å². The molecule has 3 heteroatoms. The number of phenolic OH excluding ortho intramolecular Hbond substituents is 1. The molecule has 1 aromatic carbocycles. The van der Waals surface area contributed by atoms with Crippen molar-refractivity contribution in [1.82, 2.24) is 5.32 Å². The average molecular weight is 233 g/mol. The third-order valence-electron chi connectivity index (χ3n) is 3.94. The number of nitrogens with one attached hydrogen (secondary N) is 1. The zero-order valence-corrected chi connectivity index (χ0v) is 9.98. The van der Waals surface area contributed by atoms with Crippen LogP contribution in [0.3, 0.4) is 0 Å². The molecule has 0 saturated carbocycles. The molecule has 0 aliphatic carbocycles. The maximum atomic E-state index is 9.49. The molecule has 0 radical (unpaired) electrons. The molecule has 1 unspecified atom stereocenters. The van der Waals surface area contributed by atoms with Gasteiger partial charge in [-0.2, -0.15) is 0 Å². The smallest absolute Gasteiger partial charge is 0.126 e. The van der Waals surface area contributed by atoms with Gasteiger partial charge in [0, 0.05) is 6.07 Å². The summed E-state index contributed by atoms with van der Waals surface area (Å²) in [7, 11) is 0. The minimum Gasteiger partial charge on any atom is -0.508 e. The Labute approximate surface area is 102 Å². The van der Waals surface area contributed by atoms with Gasteiger partial charge in [-0.3, -0.25) is 0 Å². The van der Waals surface area contributed by atoms with E-state index >= 15 is 0 Å². The highest BCUT2D eigenvalue weighted by Crippen LogP contribution is 2.34. The molecule has 3 nitrogen and oxygen atoms in total. The summed E-state index contributed by atoms with van der Waals surface area (Å²) in [6, 6.07) is 5.47. The summed E-state index contributed by atoms with van der Waals surface area (Å²) in [4.78, 5) is 0. The summed E-state index contributed by atoms with van der Waals surface area (Å²) >= 11 is 0. The molecule has 0 spiro atoms. The second-order valence-electron chi connectivity index (χ2n) is 5.07. The Hall–Kier alpha value is -1.22. The predicted octanol–water partition coefficient (Wildman–Crippen LogP) is 2.09. The number of rotatable bonds is 1. The third kappa shape index (κ3) is 2.25. The molecule has 17 heavy (non-hydrogen) atoms. The molecule has 1 saturated heterocycles. The summed E-state index contributed by atoms with van der Waals surface area (Å²) in [6.07, 6.45) is 4.94. The van der Waals surface area contributed by atoms with E-state index in [1.165, 1.54) is 18.4 Å². The van der Waals surface area contributed by atoms with Crippen molar-refractivity contribution in [3.05, 3.63) is 23.8 Å². The lowest BCUT2D eigenvalue weighted by atomic mass is 9.87. The number of benzene rings is 1. The molecule has 0 bridgehead atoms. The number of fused-ring (bicyclic) bond motifs is 1. The van der Waals surface area contributed by atoms with E-state index in [1.807, 2.05) is 6.07 Å². The summed E-state index contributed by atoms with van der Waals surface area (Å²) in [5.41, 5.74) is 1.23. The zero-order valence-electron chi connectivity index (χ0n) is 9.98. The first-order valence-corrected chi connectivity index (χ1v) is 6.52. The van der Waals surface area contributed by atoms with Crippen molar-refractivity contribution in [1.29, 1.82) is 0 Å². The minimum absolute atomic E-state index is 0.301. The van der Waals surface area contributed by atoms with Crippen LogP contribution in [0, 0.1) is 5.92 Å². The largest absolute Gasteiger partial charge is 0.508 e. The Morgan fingerprint density at radius 2 is 2.00 bits per heavy atom. The maximum absolute atomic E-state index is 9.49. The van der Waals surface area contributed by atoms with Crippen LogP contribution >= 0.6 is 0 Å². The standard InChI is InChI=1S/C14H19NO2/c16-12-3-1-10-2-4-13(17-14(10)9-12)11-5-7-15-8-6-11/h1,3,9,11,13,15-16H,2,4-8H2. The van der Waals surface area contributed by atoms with E-state index in [0.29, 0.717) is 17.8 Å². The summed E-state index contributed by atoms with van der Waals surface area (Å²) < 4.78 is 6.06. The SMILES string of the molecule is Oc1ccc2c(c1)OC(C1CCNCC1)CC2. The van der Waals surface area contributed by atoms with Gasteiger partial charge in [-0.25, -0.2) is 0 Å². The van der Waals surface area contributed by atoms with Crippen LogP contribution in [0.4, 0.5) is 0 Å². The first kappa shape index (κ1) is 10.9. The second kappa shape index (κ2) is 4.57. The van der Waals surface area contributed by atoms with Gasteiger partial charge < -0.3 is 15.2 Å². The predicted molar refractivity (Wildman–Crippen MR) is 66.4 cm³/mol. The number of hydrogen-bond acceptors (Lipinski definition) is 3. The molecule has 2 aliphatic heterocycles. The molecular formula is C14H19NO2. The molecule has 0 aromatic heterocycles. The first-order valence-electron chi connectivity index (χ1n) is 6.52. The van der Waals surface area contributed by atoms with Gasteiger partial charge in [0.1, 0.15) is 17.6 Å². The lowest BCUT2D eigenvalue weighted by molar-refractivity contribution is 0.0915. The van der Waals surface area contributed by atoms with Crippen LogP contribution in [0.5, 0.6) is 11.5 Å². The van der Waals surface area contributed by atoms with Crippen molar-refractivity contribution in [2.75, 3.05) is 13.1 Å². The normalized spacial score (nSPS) is 25.1. The van der Waals surface area contributed by atoms with Crippen LogP contribution in [0.15, 0.2) is 18.2 Å². The lowest BCUT2D eigenvalue weighted by Gasteiger charge is -2.34. The van der Waals surface area contributed by atoms with E-state index in [2.05, 4.69) is 5.32 Å². The highest BCUT2D eigenvalue weighted by Gasteiger charge is 2.28. The van der Waals surface area contributed by atoms with Crippen LogP contribution in [0.1, 0.15) is 24.8 Å². The summed E-state index contributed by atoms with van der Waals surface area (Å²) in [5.74, 6) is 1.86. The molecule has 2 heterocycles. The molecule has 0 amide bonds. The number of ether oxygens (including phenoxy) is 1. The van der Waals surface area contributed by atoms with E-state index in [-0.39, 0.29) is 0 Å². The van der Waals surface area contributed by atoms with Gasteiger partial charge in [0.05, 0.1) is 0 Å². The minimum atomic E-state index is 0.301. The maximum Gasteiger partial charge on any atom is 0.126 e. The number of hydrogen-bond donors (Lipinski definition) is 2. The van der Waals surface area contributed by atoms with Crippen molar-refractivity contribution < 1.29 is 9.84 Å². The summed E-state index contributed by atoms with van der Waals surface area (Å²) in [5, 5.41) is 12.9. The van der Waals surface area contributed by atoms with Crippen molar-refractivity contribution in [3.63, 3.8) is 0 Å². The monoisotopic (exact) mass is 233 g/mol. The topological polar surface area (TPSA) is 41.5 Å². The number of aromatic hydroxyl groups is 1. The van der Waals surface area contributed by atoms with Crippen molar-refractivity contribution >= 4 is 0 Å². The number of piperidine rings is 1. The molecule has 3 rings (SSSR count). The van der Waals surface area contributed by atoms with Crippen molar-refractivity contribution in [3.8, 4) is 11.5 Å². The van der Waals surface area contributed by atoms with E-state index in [9.17, 15) is 5.11 Å². The van der Waals surface area contributed by atoms with E-state index in [4.69, 9.17) is 4.74 Å². The Balaban J connectivity index is 1.75. The van der Waals surface area contributed by atoms with Gasteiger partial charge in [-0.1, -0.05) is 6.07 Å². The average Bonchev–Trinajstić information content (AvgIpc) is 2.39. The molecule has 1 aromatic rings. The quantitative estimate of drug-likeness (QED) is 0.780. The molecule has 1 fully saturated rings. The first-order chi connectivity index (χ1) is 8.33. The Morgan fingerprint density at radius 1 is 1.18 bits per heavy atom. The highest BCUT2D eigenvalue weighted by molar-refractivity contribution is 5.41. The van der Waals surface area contributed by atoms with Gasteiger partial charge in [-0.05, 0) is 56.3 Å². The second-order valence-corrected chi connectivity index (χ2v) is 5.07. The molecule has 2 N–H and O–H groups in total. The molecule has 92 valence electrons. The van der Waals surface area contributed by atoms with Crippen LogP contribution in [-0.2, 0) is 6.42 Å². The zero-order chi connectivity index (χ0) is 11.7. The summed E-state index contributed by atoms with van der Waals surface area (Å²) in [6.45, 7) is 2.22.